The summed E-state index contributed by atoms with van der Waals surface area (Å²) in [5.41, 5.74) is 5.43. The van der Waals surface area contributed by atoms with Gasteiger partial charge in [0.05, 0.1) is 19.3 Å². The Kier molecular flexibility index (Phi) is 6.75. The quantitative estimate of drug-likeness (QED) is 0.175. The summed E-state index contributed by atoms with van der Waals surface area (Å²) in [5.74, 6) is 0.0231. The number of hydrogen-bond acceptors (Lipinski definition) is 16. The Morgan fingerprint density at radius 3 is 2.79 bits per heavy atom. The molecule has 5 N–H and O–H groups in total. The second-order valence-corrected chi connectivity index (χ2v) is 12.5. The topological polar surface area (TPSA) is 276 Å². The first-order valence-electron chi connectivity index (χ1n) is 12.5. The summed E-state index contributed by atoms with van der Waals surface area (Å²) in [6.45, 7) is -1.35. The molecule has 0 saturated carbocycles. The second kappa shape index (κ2) is 10.3. The molecule has 4 aromatic heterocycles. The van der Waals surface area contributed by atoms with Gasteiger partial charge in [0.2, 0.25) is 0 Å². The third kappa shape index (κ3) is 5.07. The monoisotopic (exact) mass is 645 g/mol. The van der Waals surface area contributed by atoms with Crippen LogP contribution < -0.4 is 16.0 Å². The average molecular weight is 645 g/mol. The number of anilines is 1. The number of imidazole rings is 1. The molecule has 8 atom stereocenters. The maximum atomic E-state index is 15.8. The van der Waals surface area contributed by atoms with Gasteiger partial charge >= 0.3 is 18.1 Å². The molecular formula is C19H21FN11O10PS. The molecule has 24 heteroatoms. The molecule has 3 fully saturated rings. The van der Waals surface area contributed by atoms with Crippen molar-refractivity contribution in [2.45, 2.75) is 49.5 Å². The number of ether oxygens (including phenoxy) is 2. The zero-order valence-corrected chi connectivity index (χ0v) is 23.1. The van der Waals surface area contributed by atoms with Crippen molar-refractivity contribution in [2.24, 2.45) is 0 Å². The lowest BCUT2D eigenvalue weighted by Gasteiger charge is -2.25. The van der Waals surface area contributed by atoms with Crippen LogP contribution in [0.1, 0.15) is 18.9 Å². The van der Waals surface area contributed by atoms with Crippen LogP contribution in [-0.2, 0) is 37.6 Å². The summed E-state index contributed by atoms with van der Waals surface area (Å²) in [6.07, 6.45) is -7.20. The number of rotatable bonds is 2. The number of alkyl halides is 1. The first-order valence-corrected chi connectivity index (χ1v) is 15.4. The fraction of sp³-hybridized carbons (Fsp3) is 0.526. The lowest BCUT2D eigenvalue weighted by molar-refractivity contribution is -0.0504. The molecule has 1 unspecified atom stereocenters. The minimum Gasteiger partial charge on any atom is -0.382 e. The molecule has 3 aliphatic rings. The Bertz CT molecular complexity index is 1920. The zero-order chi connectivity index (χ0) is 30.1. The normalized spacial score (nSPS) is 34.9. The van der Waals surface area contributed by atoms with Gasteiger partial charge in [0.1, 0.15) is 36.3 Å². The first-order chi connectivity index (χ1) is 20.5. The van der Waals surface area contributed by atoms with Crippen LogP contribution >= 0.6 is 7.82 Å². The highest BCUT2D eigenvalue weighted by Crippen LogP contribution is 2.50. The van der Waals surface area contributed by atoms with Gasteiger partial charge in [-0.05, 0) is 0 Å². The van der Waals surface area contributed by atoms with Crippen LogP contribution in [-0.4, -0.2) is 102 Å². The minimum absolute atomic E-state index is 0.0231. The molecule has 4 aromatic rings. The molecule has 0 aromatic carbocycles. The Morgan fingerprint density at radius 1 is 1.12 bits per heavy atom. The van der Waals surface area contributed by atoms with Gasteiger partial charge in [-0.15, -0.1) is 5.10 Å². The molecule has 3 aliphatic heterocycles. The number of nitrogens with one attached hydrogen (secondary N) is 2. The molecular weight excluding hydrogens is 624 g/mol. The number of phosphoric ester groups is 1. The van der Waals surface area contributed by atoms with E-state index in [1.807, 2.05) is 0 Å². The van der Waals surface area contributed by atoms with Gasteiger partial charge in [-0.2, -0.15) is 17.8 Å². The highest BCUT2D eigenvalue weighted by Gasteiger charge is 2.52. The number of aromatic amines is 1. The van der Waals surface area contributed by atoms with Crippen LogP contribution in [0.5, 0.6) is 0 Å². The van der Waals surface area contributed by atoms with Gasteiger partial charge in [-0.3, -0.25) is 22.6 Å². The van der Waals surface area contributed by atoms with Crippen LogP contribution in [0.2, 0.25) is 0 Å². The standard InChI is InChI=1S/C19H21FN11O10PS/c20-11-14-8(39-19(11)30-6-26-12-15(21)22-4-23-16(12)30)2-27-43(35,36)41-7-1-10(38-9(7)3-37-42(33,34)40-14)31-17-13(28-29-31)18(32)25-5-24-17/h4-11,14,19,27H,1-3H2,(H,33,34)(H2,21,22,23)(H,24,25,32)/t7-,8+,9+,10+,11+,14+,19+/m0/s1. The Morgan fingerprint density at radius 2 is 1.95 bits per heavy atom. The van der Waals surface area contributed by atoms with Crippen LogP contribution in [0.3, 0.4) is 0 Å². The highest BCUT2D eigenvalue weighted by molar-refractivity contribution is 7.84. The SMILES string of the molecule is Nc1ncnc2c1ncn2[C@@H]1O[C@@H]2CNS(=O)(=O)O[C@H]3C[C@H](n4nnc5c(=O)[nH]cnc54)O[C@@H]3COP(=O)(O)O[C@H]2[C@H]1F. The summed E-state index contributed by atoms with van der Waals surface area (Å²) in [7, 11) is -9.56. The molecule has 0 amide bonds. The van der Waals surface area contributed by atoms with Crippen LogP contribution in [0.25, 0.3) is 22.3 Å². The van der Waals surface area contributed by atoms with Crippen molar-refractivity contribution < 1.29 is 45.0 Å². The van der Waals surface area contributed by atoms with Gasteiger partial charge in [0, 0.05) is 13.0 Å². The molecule has 0 bridgehead atoms. The van der Waals surface area contributed by atoms with E-state index in [9.17, 15) is 22.7 Å². The van der Waals surface area contributed by atoms with E-state index in [0.717, 1.165) is 17.3 Å². The number of nitrogen functional groups attached to an aromatic ring is 1. The molecule has 43 heavy (non-hydrogen) atoms. The zero-order valence-electron chi connectivity index (χ0n) is 21.4. The number of phosphoric acid groups is 1. The van der Waals surface area contributed by atoms with E-state index in [-0.39, 0.29) is 34.6 Å². The predicted molar refractivity (Wildman–Crippen MR) is 135 cm³/mol. The Balaban J connectivity index is 1.15. The van der Waals surface area contributed by atoms with E-state index < -0.39 is 79.9 Å². The van der Waals surface area contributed by atoms with Crippen LogP contribution in [0.4, 0.5) is 10.2 Å². The number of aromatic nitrogens is 9. The van der Waals surface area contributed by atoms with E-state index in [2.05, 4.69) is 40.0 Å². The summed E-state index contributed by atoms with van der Waals surface area (Å²) in [6, 6.07) is 0. The molecule has 0 radical (unpaired) electrons. The van der Waals surface area contributed by atoms with Crippen LogP contribution in [0, 0.1) is 0 Å². The molecule has 230 valence electrons. The second-order valence-electron chi connectivity index (χ2n) is 9.67. The third-order valence-electron chi connectivity index (χ3n) is 7.02. The Labute approximate surface area is 238 Å². The van der Waals surface area contributed by atoms with Gasteiger partial charge < -0.3 is 25.1 Å². The lowest BCUT2D eigenvalue weighted by Crippen LogP contribution is -2.43. The number of halogens is 1. The number of nitrogens with zero attached hydrogens (tertiary/aromatic N) is 8. The first kappa shape index (κ1) is 28.2. The van der Waals surface area contributed by atoms with E-state index in [1.165, 1.54) is 10.9 Å². The van der Waals surface area contributed by atoms with Crippen molar-refractivity contribution in [1.29, 1.82) is 0 Å². The van der Waals surface area contributed by atoms with Crippen molar-refractivity contribution in [1.82, 2.24) is 49.2 Å². The van der Waals surface area contributed by atoms with E-state index in [4.69, 9.17) is 28.4 Å². The van der Waals surface area contributed by atoms with Crippen molar-refractivity contribution in [3.8, 4) is 0 Å². The molecule has 7 heterocycles. The van der Waals surface area contributed by atoms with E-state index in [1.54, 1.807) is 0 Å². The smallest absolute Gasteiger partial charge is 0.382 e. The molecule has 21 nitrogen and oxygen atoms in total. The van der Waals surface area contributed by atoms with Crippen molar-refractivity contribution in [2.75, 3.05) is 18.9 Å². The largest absolute Gasteiger partial charge is 0.472 e. The van der Waals surface area contributed by atoms with Gasteiger partial charge in [-0.1, -0.05) is 5.21 Å². The Hall–Kier alpha value is -3.54. The van der Waals surface area contributed by atoms with Gasteiger partial charge in [0.25, 0.3) is 5.56 Å². The van der Waals surface area contributed by atoms with Crippen molar-refractivity contribution in [3.05, 3.63) is 29.3 Å². The number of hydrogen-bond donors (Lipinski definition) is 4. The minimum atomic E-state index is -5.01. The molecule has 7 rings (SSSR count). The maximum Gasteiger partial charge on any atom is 0.472 e. The third-order valence-corrected chi connectivity index (χ3v) is 9.02. The molecule has 0 aliphatic carbocycles. The van der Waals surface area contributed by atoms with E-state index in [0.29, 0.717) is 0 Å². The fourth-order valence-corrected chi connectivity index (χ4v) is 6.99. The molecule has 0 spiro atoms. The van der Waals surface area contributed by atoms with Crippen LogP contribution in [0.15, 0.2) is 23.8 Å². The molecule has 3 saturated heterocycles. The summed E-state index contributed by atoms with van der Waals surface area (Å²) in [4.78, 5) is 40.8. The van der Waals surface area contributed by atoms with E-state index >= 15 is 4.39 Å². The number of fused-ring (bicyclic) bond motifs is 4. The lowest BCUT2D eigenvalue weighted by atomic mass is 10.1. The summed E-state index contributed by atoms with van der Waals surface area (Å²) < 4.78 is 86.3. The van der Waals surface area contributed by atoms with Gasteiger partial charge in [0.15, 0.2) is 41.3 Å². The van der Waals surface area contributed by atoms with Gasteiger partial charge in [-0.25, -0.2) is 28.9 Å². The summed E-state index contributed by atoms with van der Waals surface area (Å²) in [5, 5.41) is 7.62. The highest BCUT2D eigenvalue weighted by atomic mass is 32.2. The average Bonchev–Trinajstić information content (AvgIpc) is 3.72. The number of H-pyrrole nitrogens is 1. The predicted octanol–water partition coefficient (Wildman–Crippen LogP) is -1.80. The number of nitrogens with two attached hydrogens (primary N) is 1. The van der Waals surface area contributed by atoms with Crippen molar-refractivity contribution in [3.63, 3.8) is 0 Å². The summed E-state index contributed by atoms with van der Waals surface area (Å²) >= 11 is 0. The fourth-order valence-electron chi connectivity index (χ4n) is 5.07. The van der Waals surface area contributed by atoms with Crippen molar-refractivity contribution >= 4 is 46.3 Å². The maximum absolute atomic E-state index is 15.8.